The van der Waals surface area contributed by atoms with E-state index in [1.807, 2.05) is 25.5 Å². The number of rotatable bonds is 3. The molecule has 0 saturated carbocycles. The zero-order valence-corrected chi connectivity index (χ0v) is 15.5. The van der Waals surface area contributed by atoms with Crippen LogP contribution in [0.3, 0.4) is 0 Å². The third kappa shape index (κ3) is 3.84. The summed E-state index contributed by atoms with van der Waals surface area (Å²) in [5.74, 6) is 1.11. The Bertz CT molecular complexity index is 632. The Kier molecular flexibility index (Phi) is 6.29. The first-order valence-electron chi connectivity index (χ1n) is 7.01. The summed E-state index contributed by atoms with van der Waals surface area (Å²) in [5.41, 5.74) is 1.26. The van der Waals surface area contributed by atoms with Gasteiger partial charge < -0.3 is 9.88 Å². The Morgan fingerprint density at radius 1 is 1.45 bits per heavy atom. The summed E-state index contributed by atoms with van der Waals surface area (Å²) < 4.78 is 3.05. The van der Waals surface area contributed by atoms with Crippen LogP contribution < -0.4 is 5.32 Å². The third-order valence-electron chi connectivity index (χ3n) is 3.88. The van der Waals surface area contributed by atoms with E-state index in [4.69, 9.17) is 11.6 Å². The zero-order valence-electron chi connectivity index (χ0n) is 12.3. The molecule has 0 spiro atoms. The topological polar surface area (TPSA) is 33.1 Å². The first kappa shape index (κ1) is 17.8. The third-order valence-corrected chi connectivity index (χ3v) is 5.09. The highest BCUT2D eigenvalue weighted by molar-refractivity contribution is 9.10. The molecule has 1 N–H and O–H groups in total. The monoisotopic (exact) mass is 404 g/mol. The molecule has 120 valence electrons. The van der Waals surface area contributed by atoms with Crippen LogP contribution in [0.5, 0.6) is 0 Å². The second-order valence-electron chi connectivity index (χ2n) is 5.34. The molecule has 0 bridgehead atoms. The van der Waals surface area contributed by atoms with Crippen molar-refractivity contribution in [3.05, 3.63) is 51.5 Å². The van der Waals surface area contributed by atoms with Crippen LogP contribution >= 0.6 is 39.9 Å². The molecule has 2 heterocycles. The van der Waals surface area contributed by atoms with E-state index in [9.17, 15) is 0 Å². The summed E-state index contributed by atoms with van der Waals surface area (Å²) in [6.45, 7) is 3.85. The van der Waals surface area contributed by atoms with Crippen molar-refractivity contribution in [3.63, 3.8) is 0 Å². The van der Waals surface area contributed by atoms with Crippen LogP contribution in [0.4, 0.5) is 0 Å². The second kappa shape index (κ2) is 7.79. The minimum absolute atomic E-state index is 0. The van der Waals surface area contributed by atoms with Crippen LogP contribution in [0.15, 0.2) is 35.1 Å². The molecule has 2 aromatic rings. The summed E-state index contributed by atoms with van der Waals surface area (Å²) in [7, 11) is 2.05. The summed E-state index contributed by atoms with van der Waals surface area (Å²) >= 11 is 9.57. The molecular formula is C15H19BrCl2N4. The van der Waals surface area contributed by atoms with E-state index in [1.165, 1.54) is 5.56 Å². The van der Waals surface area contributed by atoms with Crippen LogP contribution in [0.2, 0.25) is 5.02 Å². The van der Waals surface area contributed by atoms with Gasteiger partial charge in [0.2, 0.25) is 0 Å². The minimum atomic E-state index is 0. The molecular weight excluding hydrogens is 387 g/mol. The maximum Gasteiger partial charge on any atom is 0.127 e. The molecule has 3 rings (SSSR count). The first-order valence-corrected chi connectivity index (χ1v) is 8.18. The van der Waals surface area contributed by atoms with Gasteiger partial charge in [-0.05, 0) is 33.6 Å². The zero-order chi connectivity index (χ0) is 14.8. The van der Waals surface area contributed by atoms with Gasteiger partial charge in [-0.2, -0.15) is 0 Å². The molecule has 1 atom stereocenters. The van der Waals surface area contributed by atoms with Gasteiger partial charge in [-0.25, -0.2) is 4.98 Å². The lowest BCUT2D eigenvalue weighted by Crippen LogP contribution is -2.46. The number of aryl methyl sites for hydroxylation is 1. The van der Waals surface area contributed by atoms with Crippen molar-refractivity contribution in [2.24, 2.45) is 7.05 Å². The molecule has 0 aliphatic carbocycles. The summed E-state index contributed by atoms with van der Waals surface area (Å²) in [5, 5.41) is 4.21. The van der Waals surface area contributed by atoms with E-state index in [2.05, 4.69) is 47.8 Å². The number of nitrogens with one attached hydrogen (secondary N) is 1. The van der Waals surface area contributed by atoms with Gasteiger partial charge in [0.15, 0.2) is 0 Å². The van der Waals surface area contributed by atoms with Gasteiger partial charge in [0, 0.05) is 50.1 Å². The number of hydrogen-bond acceptors (Lipinski definition) is 3. The van der Waals surface area contributed by atoms with Crippen molar-refractivity contribution in [3.8, 4) is 0 Å². The Labute approximate surface area is 150 Å². The molecule has 1 fully saturated rings. The lowest BCUT2D eigenvalue weighted by molar-refractivity contribution is 0.144. The highest BCUT2D eigenvalue weighted by Crippen LogP contribution is 2.26. The maximum atomic E-state index is 6.07. The summed E-state index contributed by atoms with van der Waals surface area (Å²) in [6.07, 6.45) is 3.86. The van der Waals surface area contributed by atoms with Crippen LogP contribution in [0, 0.1) is 0 Å². The van der Waals surface area contributed by atoms with Crippen LogP contribution in [-0.2, 0) is 13.6 Å². The Morgan fingerprint density at radius 3 is 2.95 bits per heavy atom. The lowest BCUT2D eigenvalue weighted by Gasteiger charge is -2.35. The van der Waals surface area contributed by atoms with E-state index < -0.39 is 0 Å². The predicted molar refractivity (Wildman–Crippen MR) is 95.6 cm³/mol. The largest absolute Gasteiger partial charge is 0.337 e. The fourth-order valence-corrected chi connectivity index (χ4v) is 3.30. The molecule has 0 radical (unpaired) electrons. The van der Waals surface area contributed by atoms with Crippen LogP contribution in [0.25, 0.3) is 0 Å². The van der Waals surface area contributed by atoms with E-state index >= 15 is 0 Å². The number of halogens is 3. The standard InChI is InChI=1S/C15H18BrClN4.ClH/c1-20-6-5-19-15(20)14-9-18-4-7-21(14)10-11-2-3-13(17)12(16)8-11;/h2-3,5-6,8,14,18H,4,7,9-10H2,1H3;1H. The van der Waals surface area contributed by atoms with E-state index in [1.54, 1.807) is 0 Å². The summed E-state index contributed by atoms with van der Waals surface area (Å²) in [6, 6.07) is 6.43. The Hall–Kier alpha value is -0.590. The van der Waals surface area contributed by atoms with Gasteiger partial charge in [-0.3, -0.25) is 4.90 Å². The number of hydrogen-bond donors (Lipinski definition) is 1. The Morgan fingerprint density at radius 2 is 2.27 bits per heavy atom. The maximum absolute atomic E-state index is 6.07. The van der Waals surface area contributed by atoms with Crippen molar-refractivity contribution in [2.45, 2.75) is 12.6 Å². The van der Waals surface area contributed by atoms with Crippen molar-refractivity contribution in [1.82, 2.24) is 19.8 Å². The molecule has 7 heteroatoms. The van der Waals surface area contributed by atoms with Gasteiger partial charge in [0.05, 0.1) is 11.1 Å². The van der Waals surface area contributed by atoms with Crippen molar-refractivity contribution >= 4 is 39.9 Å². The quantitative estimate of drug-likeness (QED) is 0.849. The SMILES string of the molecule is Cl.Cn1ccnc1C1CNCCN1Cc1ccc(Cl)c(Br)c1. The molecule has 1 aromatic carbocycles. The van der Waals surface area contributed by atoms with Gasteiger partial charge in [0.1, 0.15) is 5.82 Å². The molecule has 1 aliphatic rings. The molecule has 1 saturated heterocycles. The van der Waals surface area contributed by atoms with Crippen LogP contribution in [0.1, 0.15) is 17.4 Å². The van der Waals surface area contributed by atoms with Gasteiger partial charge >= 0.3 is 0 Å². The second-order valence-corrected chi connectivity index (χ2v) is 6.60. The number of nitrogens with zero attached hydrogens (tertiary/aromatic N) is 3. The molecule has 1 unspecified atom stereocenters. The smallest absolute Gasteiger partial charge is 0.127 e. The summed E-state index contributed by atoms with van der Waals surface area (Å²) in [4.78, 5) is 6.98. The molecule has 4 nitrogen and oxygen atoms in total. The average Bonchev–Trinajstić information content (AvgIpc) is 2.90. The fourth-order valence-electron chi connectivity index (χ4n) is 2.76. The number of aromatic nitrogens is 2. The first-order chi connectivity index (χ1) is 10.1. The minimum Gasteiger partial charge on any atom is -0.337 e. The Balaban J connectivity index is 0.00000176. The van der Waals surface area contributed by atoms with Gasteiger partial charge in [-0.1, -0.05) is 17.7 Å². The normalized spacial score (nSPS) is 19.0. The van der Waals surface area contributed by atoms with Gasteiger partial charge in [0.25, 0.3) is 0 Å². The molecule has 0 amide bonds. The predicted octanol–water partition coefficient (Wildman–Crippen LogP) is 3.40. The van der Waals surface area contributed by atoms with Gasteiger partial charge in [-0.15, -0.1) is 12.4 Å². The van der Waals surface area contributed by atoms with Crippen LogP contribution in [-0.4, -0.2) is 34.1 Å². The van der Waals surface area contributed by atoms with Crippen molar-refractivity contribution < 1.29 is 0 Å². The average molecular weight is 406 g/mol. The number of benzene rings is 1. The van der Waals surface area contributed by atoms with E-state index in [0.717, 1.165) is 41.5 Å². The van der Waals surface area contributed by atoms with E-state index in [-0.39, 0.29) is 12.4 Å². The number of imidazole rings is 1. The molecule has 1 aromatic heterocycles. The highest BCUT2D eigenvalue weighted by atomic mass is 79.9. The highest BCUT2D eigenvalue weighted by Gasteiger charge is 2.26. The van der Waals surface area contributed by atoms with E-state index in [0.29, 0.717) is 6.04 Å². The fraction of sp³-hybridized carbons (Fsp3) is 0.400. The lowest BCUT2D eigenvalue weighted by atomic mass is 10.1. The molecule has 22 heavy (non-hydrogen) atoms. The number of piperazine rings is 1. The van der Waals surface area contributed by atoms with Crippen molar-refractivity contribution in [2.75, 3.05) is 19.6 Å². The van der Waals surface area contributed by atoms with Crippen molar-refractivity contribution in [1.29, 1.82) is 0 Å². The molecule has 1 aliphatic heterocycles.